The first-order valence-electron chi connectivity index (χ1n) is 6.54. The summed E-state index contributed by atoms with van der Waals surface area (Å²) in [6, 6.07) is 8.70. The van der Waals surface area contributed by atoms with Gasteiger partial charge in [-0.1, -0.05) is 12.1 Å². The Labute approximate surface area is 131 Å². The Hall–Kier alpha value is -3.29. The summed E-state index contributed by atoms with van der Waals surface area (Å²) in [5.74, 6) is -1.34. The fraction of sp³-hybridized carbons (Fsp3) is 0.133. The van der Waals surface area contributed by atoms with Crippen LogP contribution in [0.2, 0.25) is 0 Å². The van der Waals surface area contributed by atoms with Crippen LogP contribution in [0, 0.1) is 17.0 Å². The summed E-state index contributed by atoms with van der Waals surface area (Å²) in [7, 11) is 1.20. The average Bonchev–Trinajstić information content (AvgIpc) is 2.55. The molecule has 23 heavy (non-hydrogen) atoms. The van der Waals surface area contributed by atoms with Crippen LogP contribution in [0.3, 0.4) is 0 Å². The minimum absolute atomic E-state index is 0.0291. The van der Waals surface area contributed by atoms with Crippen molar-refractivity contribution in [1.29, 1.82) is 0 Å². The van der Waals surface area contributed by atoms with Crippen LogP contribution in [-0.4, -0.2) is 28.9 Å². The van der Waals surface area contributed by atoms with Crippen molar-refractivity contribution >= 4 is 23.3 Å². The maximum Gasteiger partial charge on any atom is 0.356 e. The summed E-state index contributed by atoms with van der Waals surface area (Å²) < 4.78 is 4.53. The summed E-state index contributed by atoms with van der Waals surface area (Å²) in [5.41, 5.74) is 0.445. The zero-order valence-corrected chi connectivity index (χ0v) is 12.4. The number of carbonyl (C=O) groups excluding carboxylic acids is 2. The van der Waals surface area contributed by atoms with E-state index in [-0.39, 0.29) is 22.8 Å². The first kappa shape index (κ1) is 16.1. The number of methoxy groups -OCH3 is 1. The van der Waals surface area contributed by atoms with E-state index in [1.165, 1.54) is 37.4 Å². The maximum absolute atomic E-state index is 12.2. The first-order valence-corrected chi connectivity index (χ1v) is 6.54. The molecule has 0 saturated heterocycles. The molecular formula is C15H13N3O5. The zero-order chi connectivity index (χ0) is 17.0. The molecule has 0 atom stereocenters. The SMILES string of the molecule is COC(=O)c1cccc(C(=O)Nc2ccc(C)cc2[N+](=O)[O-])n1. The Balaban J connectivity index is 2.30. The van der Waals surface area contributed by atoms with Crippen LogP contribution < -0.4 is 5.32 Å². The van der Waals surface area contributed by atoms with Gasteiger partial charge in [-0.05, 0) is 30.7 Å². The van der Waals surface area contributed by atoms with Gasteiger partial charge in [-0.3, -0.25) is 14.9 Å². The predicted molar refractivity (Wildman–Crippen MR) is 81.4 cm³/mol. The number of aromatic nitrogens is 1. The molecule has 1 aromatic heterocycles. The molecule has 0 saturated carbocycles. The molecule has 0 spiro atoms. The Bertz CT molecular complexity index is 788. The number of nitrogens with zero attached hydrogens (tertiary/aromatic N) is 2. The molecule has 8 nitrogen and oxygen atoms in total. The third kappa shape index (κ3) is 3.67. The van der Waals surface area contributed by atoms with Gasteiger partial charge in [0.1, 0.15) is 17.1 Å². The summed E-state index contributed by atoms with van der Waals surface area (Å²) in [6.07, 6.45) is 0. The molecule has 0 aliphatic heterocycles. The topological polar surface area (TPSA) is 111 Å². The largest absolute Gasteiger partial charge is 0.464 e. The highest BCUT2D eigenvalue weighted by atomic mass is 16.6. The molecule has 2 aromatic rings. The Morgan fingerprint density at radius 1 is 1.22 bits per heavy atom. The fourth-order valence-corrected chi connectivity index (χ4v) is 1.86. The van der Waals surface area contributed by atoms with Gasteiger partial charge < -0.3 is 10.1 Å². The zero-order valence-electron chi connectivity index (χ0n) is 12.4. The molecule has 0 bridgehead atoms. The van der Waals surface area contributed by atoms with Crippen LogP contribution >= 0.6 is 0 Å². The third-order valence-corrected chi connectivity index (χ3v) is 2.97. The van der Waals surface area contributed by atoms with Gasteiger partial charge in [0.25, 0.3) is 11.6 Å². The molecular weight excluding hydrogens is 302 g/mol. The van der Waals surface area contributed by atoms with Gasteiger partial charge in [0.15, 0.2) is 0 Å². The van der Waals surface area contributed by atoms with Crippen molar-refractivity contribution in [3.8, 4) is 0 Å². The highest BCUT2D eigenvalue weighted by Gasteiger charge is 2.18. The fourth-order valence-electron chi connectivity index (χ4n) is 1.86. The molecule has 0 radical (unpaired) electrons. The minimum atomic E-state index is -0.680. The number of amides is 1. The lowest BCUT2D eigenvalue weighted by molar-refractivity contribution is -0.384. The number of aryl methyl sites for hydroxylation is 1. The monoisotopic (exact) mass is 315 g/mol. The molecule has 0 fully saturated rings. The van der Waals surface area contributed by atoms with Gasteiger partial charge in [0.05, 0.1) is 12.0 Å². The quantitative estimate of drug-likeness (QED) is 0.526. The van der Waals surface area contributed by atoms with Gasteiger partial charge in [-0.15, -0.1) is 0 Å². The minimum Gasteiger partial charge on any atom is -0.464 e. The number of benzene rings is 1. The summed E-state index contributed by atoms with van der Waals surface area (Å²) in [4.78, 5) is 38.0. The molecule has 2 rings (SSSR count). The maximum atomic E-state index is 12.2. The molecule has 0 aliphatic rings. The van der Waals surface area contributed by atoms with Crippen LogP contribution in [0.15, 0.2) is 36.4 Å². The Morgan fingerprint density at radius 3 is 2.57 bits per heavy atom. The normalized spacial score (nSPS) is 10.0. The summed E-state index contributed by atoms with van der Waals surface area (Å²) in [5, 5.41) is 13.5. The molecule has 1 N–H and O–H groups in total. The van der Waals surface area contributed by atoms with Crippen molar-refractivity contribution in [2.75, 3.05) is 12.4 Å². The van der Waals surface area contributed by atoms with Gasteiger partial charge in [0, 0.05) is 6.07 Å². The Kier molecular flexibility index (Phi) is 4.65. The lowest BCUT2D eigenvalue weighted by atomic mass is 10.2. The number of rotatable bonds is 4. The average molecular weight is 315 g/mol. The van der Waals surface area contributed by atoms with Crippen molar-refractivity contribution in [3.63, 3.8) is 0 Å². The van der Waals surface area contributed by atoms with Crippen LogP contribution in [0.25, 0.3) is 0 Å². The van der Waals surface area contributed by atoms with Gasteiger partial charge in [-0.2, -0.15) is 0 Å². The lowest BCUT2D eigenvalue weighted by Crippen LogP contribution is -2.16. The van der Waals surface area contributed by atoms with Crippen molar-refractivity contribution < 1.29 is 19.2 Å². The van der Waals surface area contributed by atoms with Gasteiger partial charge >= 0.3 is 5.97 Å². The number of ether oxygens (including phenoxy) is 1. The number of hydrogen-bond acceptors (Lipinski definition) is 6. The van der Waals surface area contributed by atoms with Gasteiger partial charge in [0.2, 0.25) is 0 Å². The van der Waals surface area contributed by atoms with E-state index in [1.54, 1.807) is 13.0 Å². The van der Waals surface area contributed by atoms with E-state index in [1.807, 2.05) is 0 Å². The highest BCUT2D eigenvalue weighted by molar-refractivity contribution is 6.04. The summed E-state index contributed by atoms with van der Waals surface area (Å²) >= 11 is 0. The van der Waals surface area contributed by atoms with Crippen molar-refractivity contribution in [2.24, 2.45) is 0 Å². The van der Waals surface area contributed by atoms with Crippen LogP contribution in [0.4, 0.5) is 11.4 Å². The Morgan fingerprint density at radius 2 is 1.91 bits per heavy atom. The van der Waals surface area contributed by atoms with E-state index in [4.69, 9.17) is 0 Å². The van der Waals surface area contributed by atoms with E-state index < -0.39 is 16.8 Å². The van der Waals surface area contributed by atoms with Crippen LogP contribution in [0.1, 0.15) is 26.5 Å². The lowest BCUT2D eigenvalue weighted by Gasteiger charge is -2.07. The van der Waals surface area contributed by atoms with E-state index in [0.717, 1.165) is 0 Å². The number of nitro benzene ring substituents is 1. The summed E-state index contributed by atoms with van der Waals surface area (Å²) in [6.45, 7) is 1.71. The third-order valence-electron chi connectivity index (χ3n) is 2.97. The number of hydrogen-bond donors (Lipinski definition) is 1. The predicted octanol–water partition coefficient (Wildman–Crippen LogP) is 2.34. The first-order chi connectivity index (χ1) is 10.9. The van der Waals surface area contributed by atoms with E-state index in [9.17, 15) is 19.7 Å². The molecule has 118 valence electrons. The smallest absolute Gasteiger partial charge is 0.356 e. The molecule has 8 heteroatoms. The number of nitrogens with one attached hydrogen (secondary N) is 1. The second-order valence-corrected chi connectivity index (χ2v) is 4.63. The second kappa shape index (κ2) is 6.65. The number of nitro groups is 1. The van der Waals surface area contributed by atoms with E-state index in [2.05, 4.69) is 15.0 Å². The van der Waals surface area contributed by atoms with Crippen LogP contribution in [-0.2, 0) is 4.74 Å². The van der Waals surface area contributed by atoms with E-state index in [0.29, 0.717) is 5.56 Å². The molecule has 0 unspecified atom stereocenters. The number of pyridine rings is 1. The van der Waals surface area contributed by atoms with Crippen molar-refractivity contribution in [1.82, 2.24) is 4.98 Å². The molecule has 0 aliphatic carbocycles. The number of anilines is 1. The second-order valence-electron chi connectivity index (χ2n) is 4.63. The molecule has 1 aromatic carbocycles. The highest BCUT2D eigenvalue weighted by Crippen LogP contribution is 2.25. The van der Waals surface area contributed by atoms with Crippen molar-refractivity contribution in [2.45, 2.75) is 6.92 Å². The van der Waals surface area contributed by atoms with Crippen LogP contribution in [0.5, 0.6) is 0 Å². The number of carbonyl (C=O) groups is 2. The van der Waals surface area contributed by atoms with E-state index >= 15 is 0 Å². The number of esters is 1. The molecule has 1 heterocycles. The molecule has 1 amide bonds. The standard InChI is InChI=1S/C15H13N3O5/c1-9-6-7-10(13(8-9)18(21)22)17-14(19)11-4-3-5-12(16-11)15(20)23-2/h3-8H,1-2H3,(H,17,19). The van der Waals surface area contributed by atoms with Crippen molar-refractivity contribution in [3.05, 3.63) is 63.5 Å². The van der Waals surface area contributed by atoms with Gasteiger partial charge in [-0.25, -0.2) is 9.78 Å².